The van der Waals surface area contributed by atoms with Gasteiger partial charge in [0.25, 0.3) is 5.92 Å². The largest absolute Gasteiger partial charge is 0.493 e. The molecule has 2 rings (SSSR count). The van der Waals surface area contributed by atoms with Gasteiger partial charge in [0.05, 0.1) is 24.2 Å². The standard InChI is InChI=1S/C22H23F2NO3.C4H10O.C2H2.CH4O/c1-5-7-16(6-2)21(19(10-12-26)25(4)15(3)27)17-8-9-20-18(14-17)22(23,24)11-13-28-20;1-4(2,3)5;2*1-2/h5-9,12,14H,1-2,10-11,13H2,3-4H3;5H,1-3H3;1-2H;2H,1H3/b16-7+,21-19+;;;. The van der Waals surface area contributed by atoms with Crippen LogP contribution in [-0.2, 0) is 15.5 Å². The summed E-state index contributed by atoms with van der Waals surface area (Å²) in [7, 11) is 2.53. The highest BCUT2D eigenvalue weighted by atomic mass is 19.3. The number of rotatable bonds is 7. The highest BCUT2D eigenvalue weighted by Crippen LogP contribution is 2.43. The highest BCUT2D eigenvalue weighted by Gasteiger charge is 2.38. The Kier molecular flexibility index (Phi) is 16.4. The van der Waals surface area contributed by atoms with Crippen molar-refractivity contribution < 1.29 is 33.3 Å². The van der Waals surface area contributed by atoms with Crippen LogP contribution in [0.4, 0.5) is 8.78 Å². The normalized spacial score (nSPS) is 14.1. The molecule has 1 aromatic carbocycles. The number of aldehydes is 1. The van der Waals surface area contributed by atoms with Crippen LogP contribution < -0.4 is 4.74 Å². The fourth-order valence-corrected chi connectivity index (χ4v) is 3.08. The Morgan fingerprint density at radius 3 is 2.22 bits per heavy atom. The summed E-state index contributed by atoms with van der Waals surface area (Å²) < 4.78 is 34.2. The summed E-state index contributed by atoms with van der Waals surface area (Å²) in [6.07, 6.45) is 12.9. The number of halogens is 2. The van der Waals surface area contributed by atoms with Crippen LogP contribution >= 0.6 is 0 Å². The quantitative estimate of drug-likeness (QED) is 0.291. The van der Waals surface area contributed by atoms with Gasteiger partial charge in [0.2, 0.25) is 5.91 Å². The third-order valence-electron chi connectivity index (χ3n) is 4.58. The second-order valence-electron chi connectivity index (χ2n) is 8.52. The van der Waals surface area contributed by atoms with Gasteiger partial charge in [-0.25, -0.2) is 8.78 Å². The third-order valence-corrected chi connectivity index (χ3v) is 4.58. The zero-order valence-corrected chi connectivity index (χ0v) is 22.6. The predicted octanol–water partition coefficient (Wildman–Crippen LogP) is 5.27. The third kappa shape index (κ3) is 11.8. The molecule has 0 aliphatic carbocycles. The Morgan fingerprint density at radius 1 is 1.24 bits per heavy atom. The van der Waals surface area contributed by atoms with E-state index in [4.69, 9.17) is 14.9 Å². The van der Waals surface area contributed by atoms with Gasteiger partial charge in [0.15, 0.2) is 0 Å². The van der Waals surface area contributed by atoms with Gasteiger partial charge < -0.3 is 24.6 Å². The number of benzene rings is 1. The van der Waals surface area contributed by atoms with Crippen molar-refractivity contribution in [2.24, 2.45) is 0 Å². The molecule has 0 radical (unpaired) electrons. The van der Waals surface area contributed by atoms with E-state index in [9.17, 15) is 18.4 Å². The van der Waals surface area contributed by atoms with Crippen molar-refractivity contribution >= 4 is 17.8 Å². The lowest BCUT2D eigenvalue weighted by molar-refractivity contribution is -0.126. The summed E-state index contributed by atoms with van der Waals surface area (Å²) in [5.74, 6) is -3.19. The van der Waals surface area contributed by atoms with Gasteiger partial charge in [-0.3, -0.25) is 4.79 Å². The lowest BCUT2D eigenvalue weighted by Crippen LogP contribution is -2.26. The number of nitrogens with zero attached hydrogens (tertiary/aromatic N) is 1. The average molecular weight is 520 g/mol. The number of alkyl halides is 2. The van der Waals surface area contributed by atoms with Crippen LogP contribution in [-0.4, -0.2) is 53.7 Å². The van der Waals surface area contributed by atoms with Crippen LogP contribution in [0.25, 0.3) is 5.57 Å². The molecule has 1 aliphatic heterocycles. The molecule has 8 heteroatoms. The maximum Gasteiger partial charge on any atom is 0.280 e. The molecule has 0 saturated heterocycles. The molecule has 0 saturated carbocycles. The first kappa shape index (κ1) is 35.6. The molecule has 0 bridgehead atoms. The van der Waals surface area contributed by atoms with Crippen LogP contribution in [0.2, 0.25) is 0 Å². The predicted molar refractivity (Wildman–Crippen MR) is 145 cm³/mol. The monoisotopic (exact) mass is 519 g/mol. The minimum absolute atomic E-state index is 0.0558. The maximum atomic E-state index is 14.4. The summed E-state index contributed by atoms with van der Waals surface area (Å²) in [4.78, 5) is 24.6. The lowest BCUT2D eigenvalue weighted by Gasteiger charge is -2.28. The molecule has 0 spiro atoms. The fraction of sp³-hybridized carbons (Fsp3) is 0.379. The Bertz CT molecular complexity index is 995. The molecule has 0 atom stereocenters. The van der Waals surface area contributed by atoms with E-state index in [-0.39, 0.29) is 30.2 Å². The molecule has 1 aromatic rings. The Balaban J connectivity index is 0. The topological polar surface area (TPSA) is 87.1 Å². The van der Waals surface area contributed by atoms with Gasteiger partial charge in [0.1, 0.15) is 12.0 Å². The zero-order valence-electron chi connectivity index (χ0n) is 22.6. The lowest BCUT2D eigenvalue weighted by atomic mass is 9.90. The Hall–Kier alpha value is -3.54. The van der Waals surface area contributed by atoms with Crippen LogP contribution in [0.5, 0.6) is 5.75 Å². The van der Waals surface area contributed by atoms with Crippen molar-refractivity contribution in [1.29, 1.82) is 0 Å². The zero-order chi connectivity index (χ0) is 29.4. The van der Waals surface area contributed by atoms with Crippen molar-refractivity contribution in [1.82, 2.24) is 4.90 Å². The second kappa shape index (κ2) is 17.0. The minimum Gasteiger partial charge on any atom is -0.493 e. The molecule has 1 amide bonds. The fourth-order valence-electron chi connectivity index (χ4n) is 3.08. The van der Waals surface area contributed by atoms with Gasteiger partial charge in [-0.05, 0) is 44.0 Å². The molecular weight excluding hydrogens is 480 g/mol. The Labute approximate surface area is 219 Å². The van der Waals surface area contributed by atoms with E-state index in [0.29, 0.717) is 28.7 Å². The molecule has 1 heterocycles. The maximum absolute atomic E-state index is 14.4. The number of fused-ring (bicyclic) bond motifs is 1. The molecule has 0 aromatic heterocycles. The smallest absolute Gasteiger partial charge is 0.280 e. The van der Waals surface area contributed by atoms with E-state index in [1.54, 1.807) is 32.9 Å². The van der Waals surface area contributed by atoms with Crippen LogP contribution in [0.1, 0.15) is 51.7 Å². The molecule has 0 unspecified atom stereocenters. The number of hydrogen-bond acceptors (Lipinski definition) is 5. The first-order valence-electron chi connectivity index (χ1n) is 11.3. The Morgan fingerprint density at radius 2 is 1.78 bits per heavy atom. The number of ether oxygens (including phenoxy) is 1. The van der Waals surface area contributed by atoms with Crippen LogP contribution in [0.15, 0.2) is 60.9 Å². The number of terminal acetylenes is 1. The number of aliphatic hydroxyl groups is 2. The molecule has 204 valence electrons. The van der Waals surface area contributed by atoms with Gasteiger partial charge in [0, 0.05) is 38.8 Å². The van der Waals surface area contributed by atoms with Gasteiger partial charge in [-0.1, -0.05) is 37.5 Å². The number of allylic oxidation sites excluding steroid dienone is 6. The SMILES string of the molecule is C#C.C=C/C=C(C=C)/C(=C(/CC=O)N(C)C(C)=O)c1ccc2c(c1)C(F)(F)CCO2.CC(C)(C)O.CO. The van der Waals surface area contributed by atoms with E-state index in [1.807, 2.05) is 0 Å². The van der Waals surface area contributed by atoms with E-state index in [1.165, 1.54) is 43.2 Å². The van der Waals surface area contributed by atoms with Crippen molar-refractivity contribution in [2.45, 2.75) is 52.1 Å². The number of carbonyl (C=O) groups excluding carboxylic acids is 2. The number of aliphatic hydroxyl groups excluding tert-OH is 1. The summed E-state index contributed by atoms with van der Waals surface area (Å²) in [6.45, 7) is 14.0. The van der Waals surface area contributed by atoms with E-state index < -0.39 is 17.9 Å². The van der Waals surface area contributed by atoms with Crippen molar-refractivity contribution in [2.75, 3.05) is 20.8 Å². The molecule has 2 N–H and O–H groups in total. The van der Waals surface area contributed by atoms with Crippen molar-refractivity contribution in [3.8, 4) is 18.6 Å². The first-order valence-corrected chi connectivity index (χ1v) is 11.3. The van der Waals surface area contributed by atoms with E-state index in [0.717, 1.165) is 7.11 Å². The van der Waals surface area contributed by atoms with E-state index >= 15 is 0 Å². The van der Waals surface area contributed by atoms with Crippen LogP contribution in [0, 0.1) is 12.8 Å². The van der Waals surface area contributed by atoms with E-state index in [2.05, 4.69) is 26.0 Å². The summed E-state index contributed by atoms with van der Waals surface area (Å²) >= 11 is 0. The molecule has 37 heavy (non-hydrogen) atoms. The van der Waals surface area contributed by atoms with Crippen molar-refractivity contribution in [3.63, 3.8) is 0 Å². The van der Waals surface area contributed by atoms with Gasteiger partial charge >= 0.3 is 0 Å². The van der Waals surface area contributed by atoms with Gasteiger partial charge in [-0.2, -0.15) is 0 Å². The molecular formula is C29H39F2NO5. The summed E-state index contributed by atoms with van der Waals surface area (Å²) in [6, 6.07) is 4.47. The summed E-state index contributed by atoms with van der Waals surface area (Å²) in [5.41, 5.74) is 1.12. The van der Waals surface area contributed by atoms with Crippen molar-refractivity contribution in [3.05, 3.63) is 72.0 Å². The first-order chi connectivity index (χ1) is 17.3. The molecule has 1 aliphatic rings. The molecule has 0 fully saturated rings. The summed E-state index contributed by atoms with van der Waals surface area (Å²) in [5, 5.41) is 15.5. The highest BCUT2D eigenvalue weighted by molar-refractivity contribution is 5.89. The molecule has 6 nitrogen and oxygen atoms in total. The number of carbonyl (C=O) groups is 2. The minimum atomic E-state index is -3.03. The van der Waals surface area contributed by atoms with Gasteiger partial charge in [-0.15, -0.1) is 12.8 Å². The average Bonchev–Trinajstić information content (AvgIpc) is 2.84. The number of amides is 1. The number of hydrogen-bond donors (Lipinski definition) is 2. The second-order valence-corrected chi connectivity index (χ2v) is 8.52. The van der Waals surface area contributed by atoms with Crippen LogP contribution in [0.3, 0.4) is 0 Å².